The molecule has 3 heteroatoms. The van der Waals surface area contributed by atoms with Gasteiger partial charge in [0, 0.05) is 30.9 Å². The Morgan fingerprint density at radius 3 is 2.30 bits per heavy atom. The molecule has 0 saturated carbocycles. The largest absolute Gasteiger partial charge is 0.330 e. The van der Waals surface area contributed by atoms with Crippen molar-refractivity contribution in [3.05, 3.63) is 65.9 Å². The first-order valence-electron chi connectivity index (χ1n) is 9.63. The van der Waals surface area contributed by atoms with Gasteiger partial charge in [0.05, 0.1) is 0 Å². The molecular formula is C24H35N3. The summed E-state index contributed by atoms with van der Waals surface area (Å²) in [6.45, 7) is 19.7. The molecule has 0 saturated heterocycles. The van der Waals surface area contributed by atoms with Crippen molar-refractivity contribution in [3.63, 3.8) is 0 Å². The highest BCUT2D eigenvalue weighted by molar-refractivity contribution is 5.92. The Morgan fingerprint density at radius 2 is 1.81 bits per heavy atom. The van der Waals surface area contributed by atoms with Gasteiger partial charge < -0.3 is 10.3 Å². The minimum Gasteiger partial charge on any atom is -0.330 e. The lowest BCUT2D eigenvalue weighted by Gasteiger charge is -2.32. The van der Waals surface area contributed by atoms with Gasteiger partial charge in [-0.1, -0.05) is 56.8 Å². The molecule has 1 N–H and O–H groups in total. The maximum Gasteiger partial charge on any atom is 0.106 e. The molecular weight excluding hydrogens is 330 g/mol. The van der Waals surface area contributed by atoms with Crippen LogP contribution in [0.1, 0.15) is 51.7 Å². The highest BCUT2D eigenvalue weighted by atomic mass is 15.2. The number of rotatable bonds is 9. The van der Waals surface area contributed by atoms with E-state index in [0.29, 0.717) is 5.71 Å². The molecule has 0 aliphatic rings. The monoisotopic (exact) mass is 365 g/mol. The topological polar surface area (TPSA) is 39.5 Å². The molecule has 1 rings (SSSR count). The van der Waals surface area contributed by atoms with Crippen LogP contribution in [0, 0.1) is 18.3 Å². The van der Waals surface area contributed by atoms with Crippen LogP contribution in [0.2, 0.25) is 0 Å². The van der Waals surface area contributed by atoms with Gasteiger partial charge in [0.2, 0.25) is 0 Å². The minimum atomic E-state index is 0.223. The average Bonchev–Trinajstić information content (AvgIpc) is 2.60. The van der Waals surface area contributed by atoms with Crippen molar-refractivity contribution in [2.75, 3.05) is 13.6 Å². The highest BCUT2D eigenvalue weighted by Crippen LogP contribution is 2.25. The molecule has 0 aliphatic heterocycles. The molecule has 0 amide bonds. The molecule has 0 radical (unpaired) electrons. The molecule has 146 valence electrons. The molecule has 0 aliphatic carbocycles. The maximum atomic E-state index is 7.72. The summed E-state index contributed by atoms with van der Waals surface area (Å²) in [5, 5.41) is 7.72. The van der Waals surface area contributed by atoms with Crippen LogP contribution in [0.25, 0.3) is 5.57 Å². The predicted molar refractivity (Wildman–Crippen MR) is 121 cm³/mol. The predicted octanol–water partition coefficient (Wildman–Crippen LogP) is 6.27. The maximum absolute atomic E-state index is 7.72. The van der Waals surface area contributed by atoms with E-state index in [1.54, 1.807) is 6.92 Å². The molecule has 1 unspecified atom stereocenters. The normalized spacial score (nSPS) is 13.3. The van der Waals surface area contributed by atoms with Crippen molar-refractivity contribution in [2.24, 2.45) is 10.9 Å². The Morgan fingerprint density at radius 1 is 1.22 bits per heavy atom. The zero-order valence-corrected chi connectivity index (χ0v) is 17.9. The Labute approximate surface area is 165 Å². The lowest BCUT2D eigenvalue weighted by atomic mass is 9.94. The van der Waals surface area contributed by atoms with Crippen LogP contribution >= 0.6 is 0 Å². The van der Waals surface area contributed by atoms with E-state index in [9.17, 15) is 0 Å². The third-order valence-corrected chi connectivity index (χ3v) is 4.62. The van der Waals surface area contributed by atoms with E-state index in [2.05, 4.69) is 68.1 Å². The van der Waals surface area contributed by atoms with E-state index in [-0.39, 0.29) is 5.92 Å². The summed E-state index contributed by atoms with van der Waals surface area (Å²) in [6, 6.07) is 8.52. The Hall–Kier alpha value is -2.42. The molecule has 0 aromatic heterocycles. The molecule has 0 spiro atoms. The van der Waals surface area contributed by atoms with Gasteiger partial charge in [0.1, 0.15) is 5.84 Å². The Kier molecular flexibility index (Phi) is 8.93. The summed E-state index contributed by atoms with van der Waals surface area (Å²) >= 11 is 0. The van der Waals surface area contributed by atoms with Crippen LogP contribution in [-0.4, -0.2) is 30.0 Å². The van der Waals surface area contributed by atoms with E-state index in [0.717, 1.165) is 42.1 Å². The molecule has 3 nitrogen and oxygen atoms in total. The second-order valence-corrected chi connectivity index (χ2v) is 7.27. The van der Waals surface area contributed by atoms with Crippen molar-refractivity contribution in [2.45, 2.75) is 47.5 Å². The van der Waals surface area contributed by atoms with Crippen LogP contribution in [0.4, 0.5) is 0 Å². The molecule has 0 fully saturated rings. The van der Waals surface area contributed by atoms with Crippen molar-refractivity contribution >= 4 is 17.1 Å². The van der Waals surface area contributed by atoms with Gasteiger partial charge in [-0.15, -0.1) is 0 Å². The van der Waals surface area contributed by atoms with E-state index in [1.807, 2.05) is 20.0 Å². The van der Waals surface area contributed by atoms with E-state index in [1.165, 1.54) is 11.1 Å². The van der Waals surface area contributed by atoms with Gasteiger partial charge in [0.15, 0.2) is 0 Å². The van der Waals surface area contributed by atoms with Gasteiger partial charge >= 0.3 is 0 Å². The van der Waals surface area contributed by atoms with Crippen LogP contribution < -0.4 is 0 Å². The molecule has 27 heavy (non-hydrogen) atoms. The van der Waals surface area contributed by atoms with Crippen molar-refractivity contribution in [1.82, 2.24) is 4.90 Å². The molecule has 0 bridgehead atoms. The van der Waals surface area contributed by atoms with Crippen LogP contribution in [0.3, 0.4) is 0 Å². The van der Waals surface area contributed by atoms with E-state index >= 15 is 0 Å². The fourth-order valence-electron chi connectivity index (χ4n) is 3.21. The van der Waals surface area contributed by atoms with Crippen molar-refractivity contribution < 1.29 is 0 Å². The van der Waals surface area contributed by atoms with Crippen LogP contribution in [0.15, 0.2) is 59.8 Å². The Bertz CT molecular complexity index is 735. The van der Waals surface area contributed by atoms with Crippen molar-refractivity contribution in [1.29, 1.82) is 5.41 Å². The summed E-state index contributed by atoms with van der Waals surface area (Å²) in [6.07, 6.45) is 3.70. The van der Waals surface area contributed by atoms with E-state index < -0.39 is 0 Å². The number of benzene rings is 1. The number of hydrogen-bond acceptors (Lipinski definition) is 2. The van der Waals surface area contributed by atoms with Gasteiger partial charge in [-0.05, 0) is 56.4 Å². The van der Waals surface area contributed by atoms with Crippen molar-refractivity contribution in [3.8, 4) is 0 Å². The SMILES string of the molecule is C=C(CC(C)C(=NC)N(CCC)C(=C)/C(C)=C/C(C)=N)c1ccc(C)cc1. The third-order valence-electron chi connectivity index (χ3n) is 4.62. The molecule has 1 aromatic carbocycles. The van der Waals surface area contributed by atoms with Gasteiger partial charge in [0.25, 0.3) is 0 Å². The fourth-order valence-corrected chi connectivity index (χ4v) is 3.21. The number of hydrogen-bond donors (Lipinski definition) is 1. The molecule has 0 heterocycles. The standard InChI is InChI=1S/C24H35N3/c1-9-14-27(22(7)18(3)16-21(6)25)24(26-8)20(5)15-19(4)23-12-10-17(2)11-13-23/h10-13,16,20,25H,4,7,9,14-15H2,1-3,5-6,8H3/b18-16+,25-21?,26-24?. The fraction of sp³-hybridized carbons (Fsp3) is 0.417. The summed E-state index contributed by atoms with van der Waals surface area (Å²) < 4.78 is 0. The smallest absolute Gasteiger partial charge is 0.106 e. The lowest BCUT2D eigenvalue weighted by molar-refractivity contribution is 0.483. The number of nitrogens with one attached hydrogen (secondary N) is 1. The van der Waals surface area contributed by atoms with Gasteiger partial charge in [-0.3, -0.25) is 4.99 Å². The number of nitrogens with zero attached hydrogens (tertiary/aromatic N) is 2. The van der Waals surface area contributed by atoms with Crippen LogP contribution in [-0.2, 0) is 0 Å². The zero-order chi connectivity index (χ0) is 20.6. The lowest BCUT2D eigenvalue weighted by Crippen LogP contribution is -2.35. The first kappa shape index (κ1) is 22.6. The second-order valence-electron chi connectivity index (χ2n) is 7.27. The van der Waals surface area contributed by atoms with Crippen LogP contribution in [0.5, 0.6) is 0 Å². The number of amidine groups is 1. The Balaban J connectivity index is 3.02. The first-order chi connectivity index (χ1) is 12.7. The number of allylic oxidation sites excluding steroid dienone is 3. The second kappa shape index (κ2) is 10.7. The zero-order valence-electron chi connectivity index (χ0n) is 17.9. The minimum absolute atomic E-state index is 0.223. The summed E-state index contributed by atoms with van der Waals surface area (Å²) in [5.41, 5.74) is 6.00. The summed E-state index contributed by atoms with van der Waals surface area (Å²) in [5.74, 6) is 1.24. The van der Waals surface area contributed by atoms with Gasteiger partial charge in [-0.25, -0.2) is 0 Å². The summed E-state index contributed by atoms with van der Waals surface area (Å²) in [4.78, 5) is 6.81. The number of aryl methyl sites for hydroxylation is 1. The third kappa shape index (κ3) is 6.67. The van der Waals surface area contributed by atoms with E-state index in [4.69, 9.17) is 5.41 Å². The molecule has 1 atom stereocenters. The summed E-state index contributed by atoms with van der Waals surface area (Å²) in [7, 11) is 1.84. The molecule has 1 aromatic rings. The average molecular weight is 366 g/mol. The highest BCUT2D eigenvalue weighted by Gasteiger charge is 2.21. The first-order valence-corrected chi connectivity index (χ1v) is 9.63. The quantitative estimate of drug-likeness (QED) is 0.312. The van der Waals surface area contributed by atoms with Gasteiger partial charge in [-0.2, -0.15) is 0 Å². The number of aliphatic imine (C=N–C) groups is 1.